The molecular weight excluding hydrogens is 258 g/mol. The van der Waals surface area contributed by atoms with E-state index in [1.807, 2.05) is 0 Å². The molecule has 2 rings (SSSR count). The molecule has 1 atom stereocenters. The van der Waals surface area contributed by atoms with Gasteiger partial charge in [0.1, 0.15) is 23.3 Å². The molecule has 0 amide bonds. The van der Waals surface area contributed by atoms with Crippen LogP contribution in [0, 0.1) is 23.3 Å². The molecule has 0 heterocycles. The smallest absolute Gasteiger partial charge is 0.126 e. The number of hydrogen-bond donors (Lipinski definition) is 1. The predicted octanol–water partition coefficient (Wildman–Crippen LogP) is 3.49. The second-order valence-electron chi connectivity index (χ2n) is 4.29. The van der Waals surface area contributed by atoms with E-state index in [9.17, 15) is 17.6 Å². The molecule has 19 heavy (non-hydrogen) atoms. The average molecular weight is 269 g/mol. The fourth-order valence-corrected chi connectivity index (χ4v) is 1.89. The number of rotatable bonds is 3. The van der Waals surface area contributed by atoms with Crippen molar-refractivity contribution in [2.75, 3.05) is 0 Å². The van der Waals surface area contributed by atoms with E-state index >= 15 is 0 Å². The lowest BCUT2D eigenvalue weighted by Crippen LogP contribution is -2.14. The Bertz CT molecular complexity index is 557. The van der Waals surface area contributed by atoms with Gasteiger partial charge in [0.05, 0.1) is 0 Å². The van der Waals surface area contributed by atoms with Crippen LogP contribution >= 0.6 is 0 Å². The van der Waals surface area contributed by atoms with Crippen molar-refractivity contribution in [1.82, 2.24) is 0 Å². The van der Waals surface area contributed by atoms with Crippen molar-refractivity contribution in [1.29, 1.82) is 0 Å². The highest BCUT2D eigenvalue weighted by Gasteiger charge is 2.11. The molecule has 100 valence electrons. The summed E-state index contributed by atoms with van der Waals surface area (Å²) >= 11 is 0. The third kappa shape index (κ3) is 3.54. The summed E-state index contributed by atoms with van der Waals surface area (Å²) in [5.41, 5.74) is 6.35. The third-order valence-electron chi connectivity index (χ3n) is 2.69. The fraction of sp³-hybridized carbons (Fsp3) is 0.143. The van der Waals surface area contributed by atoms with Crippen molar-refractivity contribution >= 4 is 0 Å². The van der Waals surface area contributed by atoms with Crippen molar-refractivity contribution in [2.24, 2.45) is 5.73 Å². The number of halogens is 4. The Labute approximate surface area is 107 Å². The zero-order valence-corrected chi connectivity index (χ0v) is 9.84. The molecule has 0 aliphatic carbocycles. The van der Waals surface area contributed by atoms with E-state index in [-0.39, 0.29) is 12.0 Å². The quantitative estimate of drug-likeness (QED) is 0.848. The van der Waals surface area contributed by atoms with Crippen molar-refractivity contribution in [2.45, 2.75) is 12.5 Å². The van der Waals surface area contributed by atoms with Gasteiger partial charge < -0.3 is 5.73 Å². The molecule has 0 saturated heterocycles. The molecule has 0 radical (unpaired) electrons. The van der Waals surface area contributed by atoms with Crippen LogP contribution in [0.5, 0.6) is 0 Å². The Morgan fingerprint density at radius 2 is 1.16 bits per heavy atom. The molecule has 0 spiro atoms. The summed E-state index contributed by atoms with van der Waals surface area (Å²) in [6, 6.07) is 5.21. The minimum absolute atomic E-state index is 0.0809. The van der Waals surface area contributed by atoms with E-state index in [2.05, 4.69) is 0 Å². The molecule has 1 unspecified atom stereocenters. The van der Waals surface area contributed by atoms with E-state index < -0.39 is 29.3 Å². The van der Waals surface area contributed by atoms with Crippen LogP contribution in [0.2, 0.25) is 0 Å². The zero-order chi connectivity index (χ0) is 14.0. The molecule has 2 aromatic rings. The molecule has 1 nitrogen and oxygen atoms in total. The van der Waals surface area contributed by atoms with Crippen LogP contribution in [0.4, 0.5) is 17.6 Å². The van der Waals surface area contributed by atoms with Gasteiger partial charge in [-0.05, 0) is 41.8 Å². The summed E-state index contributed by atoms with van der Waals surface area (Å²) in [6.07, 6.45) is 0.0809. The van der Waals surface area contributed by atoms with Crippen LogP contribution in [0.1, 0.15) is 17.2 Å². The highest BCUT2D eigenvalue weighted by Crippen LogP contribution is 2.19. The van der Waals surface area contributed by atoms with Crippen LogP contribution in [0.25, 0.3) is 0 Å². The SMILES string of the molecule is NC(Cc1cc(F)cc(F)c1)c1cc(F)cc(F)c1. The van der Waals surface area contributed by atoms with Crippen molar-refractivity contribution in [3.05, 3.63) is 70.8 Å². The molecule has 0 fully saturated rings. The van der Waals surface area contributed by atoms with Crippen LogP contribution in [0.3, 0.4) is 0 Å². The van der Waals surface area contributed by atoms with Crippen LogP contribution in [-0.4, -0.2) is 0 Å². The van der Waals surface area contributed by atoms with Gasteiger partial charge in [0.25, 0.3) is 0 Å². The summed E-state index contributed by atoms with van der Waals surface area (Å²) < 4.78 is 52.1. The molecule has 0 aromatic heterocycles. The van der Waals surface area contributed by atoms with Gasteiger partial charge in [-0.15, -0.1) is 0 Å². The maximum absolute atomic E-state index is 13.0. The van der Waals surface area contributed by atoms with Gasteiger partial charge in [-0.2, -0.15) is 0 Å². The lowest BCUT2D eigenvalue weighted by molar-refractivity contribution is 0.567. The fourth-order valence-electron chi connectivity index (χ4n) is 1.89. The molecule has 0 aliphatic heterocycles. The number of nitrogens with two attached hydrogens (primary N) is 1. The molecule has 5 heteroatoms. The normalized spacial score (nSPS) is 12.5. The Morgan fingerprint density at radius 1 is 0.737 bits per heavy atom. The minimum Gasteiger partial charge on any atom is -0.324 e. The summed E-state index contributed by atoms with van der Waals surface area (Å²) in [5.74, 6) is -2.91. The first-order chi connectivity index (χ1) is 8.94. The zero-order valence-electron chi connectivity index (χ0n) is 9.84. The average Bonchev–Trinajstić information content (AvgIpc) is 2.25. The molecular formula is C14H11F4N. The number of benzene rings is 2. The van der Waals surface area contributed by atoms with Gasteiger partial charge in [0.2, 0.25) is 0 Å². The van der Waals surface area contributed by atoms with Crippen molar-refractivity contribution < 1.29 is 17.6 Å². The van der Waals surface area contributed by atoms with E-state index in [0.717, 1.165) is 36.4 Å². The Balaban J connectivity index is 2.22. The van der Waals surface area contributed by atoms with Crippen LogP contribution in [-0.2, 0) is 6.42 Å². The Kier molecular flexibility index (Phi) is 3.85. The lowest BCUT2D eigenvalue weighted by atomic mass is 9.99. The summed E-state index contributed by atoms with van der Waals surface area (Å²) in [6.45, 7) is 0. The maximum atomic E-state index is 13.0. The van der Waals surface area contributed by atoms with Crippen LogP contribution < -0.4 is 5.73 Å². The van der Waals surface area contributed by atoms with E-state index in [0.29, 0.717) is 5.56 Å². The van der Waals surface area contributed by atoms with Gasteiger partial charge in [0, 0.05) is 18.2 Å². The minimum atomic E-state index is -0.744. The Morgan fingerprint density at radius 3 is 1.63 bits per heavy atom. The topological polar surface area (TPSA) is 26.0 Å². The van der Waals surface area contributed by atoms with Gasteiger partial charge in [-0.1, -0.05) is 0 Å². The summed E-state index contributed by atoms with van der Waals surface area (Å²) in [4.78, 5) is 0. The molecule has 0 bridgehead atoms. The summed E-state index contributed by atoms with van der Waals surface area (Å²) in [7, 11) is 0. The van der Waals surface area contributed by atoms with E-state index in [1.165, 1.54) is 0 Å². The standard InChI is InChI=1S/C14H11F4N/c15-10-1-8(2-11(16)6-10)3-14(19)9-4-12(17)7-13(18)5-9/h1-2,4-7,14H,3,19H2. The molecule has 2 aromatic carbocycles. The lowest BCUT2D eigenvalue weighted by Gasteiger charge is -2.12. The first-order valence-electron chi connectivity index (χ1n) is 5.60. The largest absolute Gasteiger partial charge is 0.324 e. The van der Waals surface area contributed by atoms with Crippen LogP contribution in [0.15, 0.2) is 36.4 Å². The van der Waals surface area contributed by atoms with Crippen molar-refractivity contribution in [3.8, 4) is 0 Å². The first-order valence-corrected chi connectivity index (χ1v) is 5.60. The second-order valence-corrected chi connectivity index (χ2v) is 4.29. The molecule has 0 aliphatic rings. The molecule has 2 N–H and O–H groups in total. The monoisotopic (exact) mass is 269 g/mol. The van der Waals surface area contributed by atoms with E-state index in [1.54, 1.807) is 0 Å². The van der Waals surface area contributed by atoms with Gasteiger partial charge >= 0.3 is 0 Å². The third-order valence-corrected chi connectivity index (χ3v) is 2.69. The second kappa shape index (κ2) is 5.40. The first kappa shape index (κ1) is 13.5. The molecule has 0 saturated carbocycles. The number of hydrogen-bond acceptors (Lipinski definition) is 1. The van der Waals surface area contributed by atoms with Gasteiger partial charge in [0.15, 0.2) is 0 Å². The highest BCUT2D eigenvalue weighted by atomic mass is 19.1. The van der Waals surface area contributed by atoms with E-state index in [4.69, 9.17) is 5.73 Å². The predicted molar refractivity (Wildman–Crippen MR) is 63.3 cm³/mol. The van der Waals surface area contributed by atoms with Gasteiger partial charge in [-0.3, -0.25) is 0 Å². The highest BCUT2D eigenvalue weighted by molar-refractivity contribution is 5.25. The Hall–Kier alpha value is -1.88. The van der Waals surface area contributed by atoms with Gasteiger partial charge in [-0.25, -0.2) is 17.6 Å². The maximum Gasteiger partial charge on any atom is 0.126 e. The summed E-state index contributed by atoms with van der Waals surface area (Å²) in [5, 5.41) is 0. The van der Waals surface area contributed by atoms with Crippen molar-refractivity contribution in [3.63, 3.8) is 0 Å².